The van der Waals surface area contributed by atoms with E-state index in [2.05, 4.69) is 15.6 Å². The monoisotopic (exact) mass is 659 g/mol. The van der Waals surface area contributed by atoms with E-state index in [1.54, 1.807) is 47.6 Å². The number of aromatic nitrogens is 1. The normalized spacial score (nSPS) is 11.9. The van der Waals surface area contributed by atoms with Gasteiger partial charge in [-0.25, -0.2) is 14.9 Å². The lowest BCUT2D eigenvalue weighted by molar-refractivity contribution is -0.153. The highest BCUT2D eigenvalue weighted by Gasteiger charge is 2.22. The van der Waals surface area contributed by atoms with Gasteiger partial charge in [0.1, 0.15) is 34.7 Å². The van der Waals surface area contributed by atoms with E-state index in [-0.39, 0.29) is 31.6 Å². The summed E-state index contributed by atoms with van der Waals surface area (Å²) in [7, 11) is 0. The van der Waals surface area contributed by atoms with E-state index in [1.165, 1.54) is 0 Å². The zero-order chi connectivity index (χ0) is 35.3. The van der Waals surface area contributed by atoms with Crippen molar-refractivity contribution >= 4 is 35.3 Å². The van der Waals surface area contributed by atoms with Crippen molar-refractivity contribution in [1.82, 2.24) is 10.3 Å². The predicted octanol–water partition coefficient (Wildman–Crippen LogP) is 8.33. The van der Waals surface area contributed by atoms with E-state index < -0.39 is 29.0 Å². The first-order chi connectivity index (χ1) is 22.3. The van der Waals surface area contributed by atoms with Gasteiger partial charge in [0, 0.05) is 17.7 Å². The molecule has 256 valence electrons. The molecule has 3 aromatic carbocycles. The van der Waals surface area contributed by atoms with Crippen molar-refractivity contribution in [3.8, 4) is 16.9 Å². The summed E-state index contributed by atoms with van der Waals surface area (Å²) in [6.45, 7) is 16.6. The Hall–Kier alpha value is -5.06. The Bertz CT molecular complexity index is 1770. The number of hydrogen-bond donors (Lipinski definition) is 2. The fraction of sp³-hybridized carbons (Fsp3) is 0.405. The van der Waals surface area contributed by atoms with Crippen LogP contribution >= 0.6 is 0 Å². The van der Waals surface area contributed by atoms with Crippen LogP contribution in [-0.2, 0) is 38.6 Å². The number of oxazole rings is 1. The number of fused-ring (bicyclic) bond motifs is 1. The van der Waals surface area contributed by atoms with Crippen LogP contribution in [0.3, 0.4) is 0 Å². The van der Waals surface area contributed by atoms with E-state index in [0.29, 0.717) is 28.0 Å². The van der Waals surface area contributed by atoms with Crippen molar-refractivity contribution in [3.63, 3.8) is 0 Å². The summed E-state index contributed by atoms with van der Waals surface area (Å²) in [5.41, 5.74) is 2.76. The predicted molar refractivity (Wildman–Crippen MR) is 183 cm³/mol. The molecule has 0 unspecified atom stereocenters. The molecule has 2 amide bonds. The number of benzene rings is 3. The Kier molecular flexibility index (Phi) is 10.7. The van der Waals surface area contributed by atoms with Crippen LogP contribution in [-0.4, -0.2) is 39.9 Å². The van der Waals surface area contributed by atoms with Crippen molar-refractivity contribution in [2.75, 3.05) is 5.32 Å². The van der Waals surface area contributed by atoms with E-state index >= 15 is 0 Å². The number of rotatable bonds is 9. The third-order valence-corrected chi connectivity index (χ3v) is 6.35. The molecule has 0 atom stereocenters. The van der Waals surface area contributed by atoms with Crippen molar-refractivity contribution in [2.24, 2.45) is 0 Å². The summed E-state index contributed by atoms with van der Waals surface area (Å²) in [5.74, 6) is 0.198. The molecule has 0 fully saturated rings. The van der Waals surface area contributed by atoms with Crippen LogP contribution in [0.1, 0.15) is 79.0 Å². The van der Waals surface area contributed by atoms with Crippen LogP contribution in [0.5, 0.6) is 5.75 Å². The summed E-state index contributed by atoms with van der Waals surface area (Å²) >= 11 is 0. The van der Waals surface area contributed by atoms with Gasteiger partial charge in [0.15, 0.2) is 5.58 Å². The number of nitrogens with one attached hydrogen (secondary N) is 2. The highest BCUT2D eigenvalue weighted by molar-refractivity contribution is 5.93. The van der Waals surface area contributed by atoms with Crippen LogP contribution < -0.4 is 15.4 Å². The zero-order valence-electron chi connectivity index (χ0n) is 29.1. The first kappa shape index (κ1) is 35.8. The summed E-state index contributed by atoms with van der Waals surface area (Å²) in [5, 5.41) is 5.36. The molecular weight excluding hydrogens is 614 g/mol. The number of amides is 2. The van der Waals surface area contributed by atoms with Crippen LogP contribution in [0.2, 0.25) is 0 Å². The molecule has 0 aliphatic carbocycles. The SMILES string of the molecule is CC(C)(C)OC(=O)Cc1ccccc1OCc1cc(-c2cccc(CNC(=O)OC(C)(C)C)c2)c2oc(NC(=O)OC(C)(C)C)nc2c1. The molecule has 4 rings (SSSR count). The van der Waals surface area contributed by atoms with Crippen molar-refractivity contribution in [3.05, 3.63) is 77.4 Å². The lowest BCUT2D eigenvalue weighted by atomic mass is 10.00. The van der Waals surface area contributed by atoms with Crippen molar-refractivity contribution in [1.29, 1.82) is 0 Å². The molecule has 2 N–H and O–H groups in total. The maximum absolute atomic E-state index is 12.6. The number of carbonyl (C=O) groups is 3. The maximum Gasteiger partial charge on any atom is 0.415 e. The number of ether oxygens (including phenoxy) is 4. The quantitative estimate of drug-likeness (QED) is 0.134. The number of carbonyl (C=O) groups excluding carboxylic acids is 3. The van der Waals surface area contributed by atoms with Gasteiger partial charge in [-0.2, -0.15) is 4.98 Å². The smallest absolute Gasteiger partial charge is 0.415 e. The second kappa shape index (κ2) is 14.4. The fourth-order valence-electron chi connectivity index (χ4n) is 4.66. The van der Waals surface area contributed by atoms with Crippen LogP contribution in [0.25, 0.3) is 22.2 Å². The third-order valence-electron chi connectivity index (χ3n) is 6.35. The largest absolute Gasteiger partial charge is 0.489 e. The topological polar surface area (TPSA) is 138 Å². The van der Waals surface area contributed by atoms with Gasteiger partial charge >= 0.3 is 24.2 Å². The fourth-order valence-corrected chi connectivity index (χ4v) is 4.66. The van der Waals surface area contributed by atoms with Crippen molar-refractivity contribution in [2.45, 2.75) is 98.7 Å². The number of anilines is 1. The summed E-state index contributed by atoms with van der Waals surface area (Å²) < 4.78 is 28.5. The van der Waals surface area contributed by atoms with Crippen LogP contribution in [0.15, 0.2) is 65.1 Å². The summed E-state index contributed by atoms with van der Waals surface area (Å²) in [4.78, 5) is 41.9. The third kappa shape index (κ3) is 11.0. The molecule has 0 aliphatic heterocycles. The number of para-hydroxylation sites is 1. The molecule has 4 aromatic rings. The van der Waals surface area contributed by atoms with Crippen LogP contribution in [0, 0.1) is 0 Å². The van der Waals surface area contributed by atoms with Gasteiger partial charge in [0.2, 0.25) is 0 Å². The maximum atomic E-state index is 12.6. The van der Waals surface area contributed by atoms with Crippen molar-refractivity contribution < 1.29 is 37.7 Å². The molecular formula is C37H45N3O8. The molecule has 0 saturated heterocycles. The van der Waals surface area contributed by atoms with Gasteiger partial charge in [0.05, 0.1) is 6.42 Å². The Morgan fingerprint density at radius 2 is 1.42 bits per heavy atom. The molecule has 0 saturated carbocycles. The van der Waals surface area contributed by atoms with Gasteiger partial charge in [-0.15, -0.1) is 0 Å². The lowest BCUT2D eigenvalue weighted by Gasteiger charge is -2.20. The number of alkyl carbamates (subject to hydrolysis) is 1. The molecule has 1 heterocycles. The molecule has 11 nitrogen and oxygen atoms in total. The minimum absolute atomic E-state index is 0.0241. The number of nitrogens with zero attached hydrogens (tertiary/aromatic N) is 1. The Morgan fingerprint density at radius 1 is 0.750 bits per heavy atom. The van der Waals surface area contributed by atoms with E-state index in [1.807, 2.05) is 75.4 Å². The molecule has 48 heavy (non-hydrogen) atoms. The lowest BCUT2D eigenvalue weighted by Crippen LogP contribution is -2.32. The van der Waals surface area contributed by atoms with E-state index in [0.717, 1.165) is 16.7 Å². The van der Waals surface area contributed by atoms with E-state index in [4.69, 9.17) is 23.4 Å². The Morgan fingerprint density at radius 3 is 2.10 bits per heavy atom. The zero-order valence-corrected chi connectivity index (χ0v) is 29.1. The molecule has 0 aliphatic rings. The highest BCUT2D eigenvalue weighted by atomic mass is 16.6. The van der Waals surface area contributed by atoms with Gasteiger partial charge < -0.3 is 28.7 Å². The van der Waals surface area contributed by atoms with Gasteiger partial charge in [0.25, 0.3) is 0 Å². The molecule has 0 bridgehead atoms. The minimum Gasteiger partial charge on any atom is -0.489 e. The Balaban J connectivity index is 1.64. The second-order valence-corrected chi connectivity index (χ2v) is 14.4. The standard InChI is InChI=1S/C37H45N3O8/c1-35(2,3)46-30(41)20-26-14-10-11-16-29(26)44-22-24-18-27(25-15-12-13-23(17-25)21-38-33(42)47-36(4,5)6)31-28(19-24)39-32(45-31)40-34(43)48-37(7,8)9/h10-19H,20-22H2,1-9H3,(H,38,42)(H,39,40,43). The average molecular weight is 660 g/mol. The number of esters is 1. The van der Waals surface area contributed by atoms with Gasteiger partial charge in [-0.3, -0.25) is 4.79 Å². The second-order valence-electron chi connectivity index (χ2n) is 14.4. The Labute approximate surface area is 281 Å². The van der Waals surface area contributed by atoms with Crippen LogP contribution in [0.4, 0.5) is 15.6 Å². The van der Waals surface area contributed by atoms with E-state index in [9.17, 15) is 14.4 Å². The average Bonchev–Trinajstić information content (AvgIpc) is 3.34. The highest BCUT2D eigenvalue weighted by Crippen LogP contribution is 2.34. The summed E-state index contributed by atoms with van der Waals surface area (Å²) in [6.07, 6.45) is -1.16. The van der Waals surface area contributed by atoms with Gasteiger partial charge in [-0.05, 0) is 103 Å². The first-order valence-electron chi connectivity index (χ1n) is 15.8. The molecule has 0 radical (unpaired) electrons. The number of hydrogen-bond acceptors (Lipinski definition) is 9. The minimum atomic E-state index is -0.709. The molecule has 1 aromatic heterocycles. The first-order valence-corrected chi connectivity index (χ1v) is 15.8. The molecule has 11 heteroatoms. The summed E-state index contributed by atoms with van der Waals surface area (Å²) in [6, 6.07) is 18.6. The molecule has 0 spiro atoms. The van der Waals surface area contributed by atoms with Gasteiger partial charge in [-0.1, -0.05) is 36.4 Å².